The third-order valence-corrected chi connectivity index (χ3v) is 2.62. The van der Waals surface area contributed by atoms with Crippen LogP contribution >= 0.6 is 0 Å². The lowest BCUT2D eigenvalue weighted by Gasteiger charge is -2.06. The van der Waals surface area contributed by atoms with Crippen molar-refractivity contribution >= 4 is 5.91 Å². The van der Waals surface area contributed by atoms with Gasteiger partial charge in [-0.05, 0) is 13.0 Å². The minimum atomic E-state index is 0.0491. The number of carbonyl (C=O) groups is 1. The van der Waals surface area contributed by atoms with E-state index in [2.05, 4.69) is 17.6 Å². The summed E-state index contributed by atoms with van der Waals surface area (Å²) in [5.41, 5.74) is 0. The van der Waals surface area contributed by atoms with Crippen LogP contribution in [0.25, 0.3) is 0 Å². The Kier molecular flexibility index (Phi) is 13.0. The van der Waals surface area contributed by atoms with E-state index in [0.29, 0.717) is 19.7 Å². The Bertz CT molecular complexity index is 175. The number of unbranched alkanes of at least 4 members (excludes halogenated alkanes) is 5. The van der Waals surface area contributed by atoms with Crippen molar-refractivity contribution in [2.45, 2.75) is 45.4 Å². The zero-order valence-electron chi connectivity index (χ0n) is 11.4. The zero-order chi connectivity index (χ0) is 12.8. The van der Waals surface area contributed by atoms with Gasteiger partial charge in [0.05, 0.1) is 13.2 Å². The highest BCUT2D eigenvalue weighted by Gasteiger charge is 1.98. The van der Waals surface area contributed by atoms with Gasteiger partial charge in [-0.15, -0.1) is 0 Å². The van der Waals surface area contributed by atoms with Gasteiger partial charge in [-0.3, -0.25) is 4.79 Å². The molecule has 4 nitrogen and oxygen atoms in total. The molecule has 0 spiro atoms. The molecule has 0 radical (unpaired) electrons. The molecule has 0 aliphatic rings. The lowest BCUT2D eigenvalue weighted by Crippen LogP contribution is -2.35. The fourth-order valence-electron chi connectivity index (χ4n) is 1.59. The van der Waals surface area contributed by atoms with Crippen LogP contribution < -0.4 is 10.6 Å². The largest absolute Gasteiger partial charge is 0.383 e. The molecule has 0 unspecified atom stereocenters. The molecule has 0 heterocycles. The molecule has 2 N–H and O–H groups in total. The van der Waals surface area contributed by atoms with Crippen LogP contribution in [0.5, 0.6) is 0 Å². The Morgan fingerprint density at radius 1 is 1.06 bits per heavy atom. The molecule has 0 atom stereocenters. The van der Waals surface area contributed by atoms with E-state index in [-0.39, 0.29) is 5.91 Å². The molecule has 0 saturated heterocycles. The summed E-state index contributed by atoms with van der Waals surface area (Å²) in [6.07, 6.45) is 7.71. The van der Waals surface area contributed by atoms with E-state index in [1.165, 1.54) is 32.1 Å². The Morgan fingerprint density at radius 2 is 1.76 bits per heavy atom. The predicted octanol–water partition coefficient (Wildman–Crippen LogP) is 1.70. The monoisotopic (exact) mass is 244 g/mol. The van der Waals surface area contributed by atoms with Gasteiger partial charge in [-0.1, -0.05) is 39.0 Å². The Labute approximate surface area is 105 Å². The third-order valence-electron chi connectivity index (χ3n) is 2.62. The van der Waals surface area contributed by atoms with Crippen molar-refractivity contribution in [1.29, 1.82) is 0 Å². The van der Waals surface area contributed by atoms with E-state index in [4.69, 9.17) is 4.74 Å². The summed E-state index contributed by atoms with van der Waals surface area (Å²) in [6.45, 7) is 4.74. The summed E-state index contributed by atoms with van der Waals surface area (Å²) < 4.78 is 4.85. The van der Waals surface area contributed by atoms with Gasteiger partial charge < -0.3 is 15.4 Å². The summed E-state index contributed by atoms with van der Waals surface area (Å²) in [5, 5.41) is 5.93. The first kappa shape index (κ1) is 16.4. The number of ether oxygens (including phenoxy) is 1. The van der Waals surface area contributed by atoms with Gasteiger partial charge in [-0.2, -0.15) is 0 Å². The highest BCUT2D eigenvalue weighted by atomic mass is 16.5. The second-order valence-corrected chi connectivity index (χ2v) is 4.29. The fourth-order valence-corrected chi connectivity index (χ4v) is 1.59. The van der Waals surface area contributed by atoms with Gasteiger partial charge in [0.25, 0.3) is 0 Å². The van der Waals surface area contributed by atoms with Gasteiger partial charge in [0.2, 0.25) is 5.91 Å². The summed E-state index contributed by atoms with van der Waals surface area (Å²) in [4.78, 5) is 11.3. The van der Waals surface area contributed by atoms with E-state index in [1.807, 2.05) is 0 Å². The molecule has 1 amide bonds. The van der Waals surface area contributed by atoms with E-state index in [9.17, 15) is 4.79 Å². The molecular weight excluding hydrogens is 216 g/mol. The van der Waals surface area contributed by atoms with Crippen molar-refractivity contribution in [3.63, 3.8) is 0 Å². The summed E-state index contributed by atoms with van der Waals surface area (Å²) >= 11 is 0. The molecule has 0 fully saturated rings. The average molecular weight is 244 g/mol. The minimum Gasteiger partial charge on any atom is -0.383 e. The Morgan fingerprint density at radius 3 is 2.47 bits per heavy atom. The van der Waals surface area contributed by atoms with Crippen molar-refractivity contribution in [2.75, 3.05) is 33.4 Å². The van der Waals surface area contributed by atoms with Crippen LogP contribution in [-0.4, -0.2) is 39.3 Å². The molecule has 0 aromatic rings. The van der Waals surface area contributed by atoms with Crippen LogP contribution in [0.15, 0.2) is 0 Å². The Balaban J connectivity index is 3.08. The molecule has 0 aliphatic heterocycles. The second-order valence-electron chi connectivity index (χ2n) is 4.29. The molecule has 102 valence electrons. The van der Waals surface area contributed by atoms with Crippen LogP contribution in [0.1, 0.15) is 45.4 Å². The molecule has 17 heavy (non-hydrogen) atoms. The highest BCUT2D eigenvalue weighted by molar-refractivity contribution is 5.77. The highest BCUT2D eigenvalue weighted by Crippen LogP contribution is 2.03. The first-order valence-electron chi connectivity index (χ1n) is 6.77. The van der Waals surface area contributed by atoms with E-state index >= 15 is 0 Å². The first-order chi connectivity index (χ1) is 8.31. The SMILES string of the molecule is CCCCCCCCNCC(=O)NCCOC. The smallest absolute Gasteiger partial charge is 0.234 e. The second kappa shape index (κ2) is 13.5. The lowest BCUT2D eigenvalue weighted by atomic mass is 10.1. The van der Waals surface area contributed by atoms with Gasteiger partial charge in [-0.25, -0.2) is 0 Å². The summed E-state index contributed by atoms with van der Waals surface area (Å²) in [7, 11) is 1.63. The topological polar surface area (TPSA) is 50.4 Å². The number of nitrogens with one attached hydrogen (secondary N) is 2. The molecule has 0 bridgehead atoms. The zero-order valence-corrected chi connectivity index (χ0v) is 11.4. The number of rotatable bonds is 12. The summed E-state index contributed by atoms with van der Waals surface area (Å²) in [6, 6.07) is 0. The van der Waals surface area contributed by atoms with Crippen molar-refractivity contribution < 1.29 is 9.53 Å². The quantitative estimate of drug-likeness (QED) is 0.514. The van der Waals surface area contributed by atoms with Crippen LogP contribution in [0.3, 0.4) is 0 Å². The number of hydrogen-bond acceptors (Lipinski definition) is 3. The maximum atomic E-state index is 11.3. The van der Waals surface area contributed by atoms with Crippen molar-refractivity contribution in [1.82, 2.24) is 10.6 Å². The van der Waals surface area contributed by atoms with Gasteiger partial charge in [0.1, 0.15) is 0 Å². The van der Waals surface area contributed by atoms with Crippen LogP contribution in [0.4, 0.5) is 0 Å². The molecular formula is C13H28N2O2. The van der Waals surface area contributed by atoms with Gasteiger partial charge in [0.15, 0.2) is 0 Å². The molecule has 0 rings (SSSR count). The number of hydrogen-bond donors (Lipinski definition) is 2. The van der Waals surface area contributed by atoms with Crippen LogP contribution in [0.2, 0.25) is 0 Å². The van der Waals surface area contributed by atoms with Crippen molar-refractivity contribution in [3.8, 4) is 0 Å². The van der Waals surface area contributed by atoms with E-state index in [0.717, 1.165) is 13.0 Å². The summed E-state index contributed by atoms with van der Waals surface area (Å²) in [5.74, 6) is 0.0491. The van der Waals surface area contributed by atoms with E-state index in [1.54, 1.807) is 7.11 Å². The van der Waals surface area contributed by atoms with Gasteiger partial charge in [0, 0.05) is 13.7 Å². The fraction of sp³-hybridized carbons (Fsp3) is 0.923. The molecule has 0 aromatic carbocycles. The van der Waals surface area contributed by atoms with Crippen molar-refractivity contribution in [2.24, 2.45) is 0 Å². The van der Waals surface area contributed by atoms with Crippen LogP contribution in [0, 0.1) is 0 Å². The van der Waals surface area contributed by atoms with Gasteiger partial charge >= 0.3 is 0 Å². The maximum absolute atomic E-state index is 11.3. The lowest BCUT2D eigenvalue weighted by molar-refractivity contribution is -0.120. The normalized spacial score (nSPS) is 10.5. The Hall–Kier alpha value is -0.610. The maximum Gasteiger partial charge on any atom is 0.234 e. The number of carbonyl (C=O) groups excluding carboxylic acids is 1. The molecule has 0 saturated carbocycles. The van der Waals surface area contributed by atoms with Crippen molar-refractivity contribution in [3.05, 3.63) is 0 Å². The van der Waals surface area contributed by atoms with Crippen LogP contribution in [-0.2, 0) is 9.53 Å². The standard InChI is InChI=1S/C13H28N2O2/c1-3-4-5-6-7-8-9-14-12-13(16)15-10-11-17-2/h14H,3-12H2,1-2H3,(H,15,16). The number of methoxy groups -OCH3 is 1. The first-order valence-corrected chi connectivity index (χ1v) is 6.77. The third kappa shape index (κ3) is 13.3. The average Bonchev–Trinajstić information content (AvgIpc) is 2.33. The molecule has 4 heteroatoms. The molecule has 0 aliphatic carbocycles. The number of amides is 1. The predicted molar refractivity (Wildman–Crippen MR) is 71.1 cm³/mol. The molecule has 0 aromatic heterocycles. The minimum absolute atomic E-state index is 0.0491. The van der Waals surface area contributed by atoms with E-state index < -0.39 is 0 Å².